The monoisotopic (exact) mass is 387 g/mol. The Morgan fingerprint density at radius 1 is 1.38 bits per heavy atom. The molecule has 0 saturated carbocycles. The van der Waals surface area contributed by atoms with Gasteiger partial charge in [-0.2, -0.15) is 0 Å². The average Bonchev–Trinajstić information content (AvgIpc) is 3.01. The molecule has 24 heavy (non-hydrogen) atoms. The van der Waals surface area contributed by atoms with Gasteiger partial charge in [0.1, 0.15) is 27.8 Å². The number of imidazole rings is 1. The van der Waals surface area contributed by atoms with Crippen molar-refractivity contribution in [2.45, 2.75) is 25.0 Å². The van der Waals surface area contributed by atoms with Crippen LogP contribution in [0.25, 0.3) is 0 Å². The second-order valence-corrected chi connectivity index (χ2v) is 6.52. The fourth-order valence-corrected chi connectivity index (χ4v) is 3.16. The van der Waals surface area contributed by atoms with E-state index in [0.29, 0.717) is 40.5 Å². The van der Waals surface area contributed by atoms with Gasteiger partial charge in [-0.1, -0.05) is 23.2 Å². The minimum absolute atomic E-state index is 0.0338. The van der Waals surface area contributed by atoms with E-state index in [1.54, 1.807) is 0 Å². The van der Waals surface area contributed by atoms with E-state index in [-0.39, 0.29) is 11.9 Å². The summed E-state index contributed by atoms with van der Waals surface area (Å²) in [5.41, 5.74) is 0.613. The second kappa shape index (κ2) is 7.14. The fourth-order valence-electron chi connectivity index (χ4n) is 2.39. The lowest BCUT2D eigenvalue weighted by molar-refractivity contribution is 0.0937. The summed E-state index contributed by atoms with van der Waals surface area (Å²) >= 11 is 16.5. The summed E-state index contributed by atoms with van der Waals surface area (Å²) in [6, 6.07) is 0.0338. The number of halogens is 2. The van der Waals surface area contributed by atoms with Gasteiger partial charge < -0.3 is 20.5 Å². The van der Waals surface area contributed by atoms with Crippen molar-refractivity contribution >= 4 is 47.6 Å². The summed E-state index contributed by atoms with van der Waals surface area (Å²) in [5.74, 6) is 0.353. The normalized spacial score (nSPS) is 18.2. The van der Waals surface area contributed by atoms with E-state index >= 15 is 0 Å². The number of amides is 1. The first-order valence-corrected chi connectivity index (χ1v) is 8.41. The van der Waals surface area contributed by atoms with E-state index in [2.05, 4.69) is 43.2 Å². The molecule has 11 heteroatoms. The van der Waals surface area contributed by atoms with Gasteiger partial charge in [-0.15, -0.1) is 12.6 Å². The Balaban J connectivity index is 1.66. The highest BCUT2D eigenvalue weighted by Crippen LogP contribution is 2.24. The van der Waals surface area contributed by atoms with Crippen molar-refractivity contribution in [2.75, 3.05) is 11.4 Å². The Kier molecular flexibility index (Phi) is 5.14. The predicted octanol–water partition coefficient (Wildman–Crippen LogP) is 1.45. The molecule has 1 aliphatic rings. The van der Waals surface area contributed by atoms with Crippen molar-refractivity contribution in [3.8, 4) is 0 Å². The van der Waals surface area contributed by atoms with E-state index in [0.717, 1.165) is 0 Å². The molecule has 2 atom stereocenters. The Morgan fingerprint density at radius 3 is 2.79 bits per heavy atom. The Morgan fingerprint density at radius 2 is 2.08 bits per heavy atom. The molecule has 0 saturated heterocycles. The first-order chi connectivity index (χ1) is 11.5. The van der Waals surface area contributed by atoms with E-state index in [4.69, 9.17) is 23.2 Å². The Labute approximate surface area is 153 Å². The summed E-state index contributed by atoms with van der Waals surface area (Å²) in [6.07, 6.45) is 2.81. The predicted molar refractivity (Wildman–Crippen MR) is 94.5 cm³/mol. The summed E-state index contributed by atoms with van der Waals surface area (Å²) in [5, 5.41) is 6.71. The van der Waals surface area contributed by atoms with Crippen molar-refractivity contribution in [1.29, 1.82) is 0 Å². The molecule has 0 bridgehead atoms. The number of hydrogen-bond donors (Lipinski definition) is 4. The van der Waals surface area contributed by atoms with Crippen LogP contribution in [0.15, 0.2) is 12.7 Å². The maximum atomic E-state index is 11.9. The van der Waals surface area contributed by atoms with Crippen LogP contribution < -0.4 is 15.5 Å². The molecule has 3 N–H and O–H groups in total. The number of aromatic amines is 1. The van der Waals surface area contributed by atoms with E-state index < -0.39 is 5.50 Å². The highest BCUT2D eigenvalue weighted by Gasteiger charge is 2.31. The number of H-pyrrole nitrogens is 1. The molecule has 3 heterocycles. The van der Waals surface area contributed by atoms with Crippen molar-refractivity contribution < 1.29 is 4.79 Å². The van der Waals surface area contributed by atoms with E-state index in [1.165, 1.54) is 12.7 Å². The number of fused-ring (bicyclic) bond motifs is 1. The average molecular weight is 388 g/mol. The highest BCUT2D eigenvalue weighted by molar-refractivity contribution is 7.81. The highest BCUT2D eigenvalue weighted by atomic mass is 35.5. The lowest BCUT2D eigenvalue weighted by atomic mass is 10.2. The van der Waals surface area contributed by atoms with Crippen LogP contribution in [0.2, 0.25) is 10.3 Å². The van der Waals surface area contributed by atoms with Gasteiger partial charge >= 0.3 is 0 Å². The number of carbonyl (C=O) groups is 1. The van der Waals surface area contributed by atoms with Gasteiger partial charge in [0, 0.05) is 24.7 Å². The minimum Gasteiger partial charge on any atom is -0.339 e. The third kappa shape index (κ3) is 3.44. The SMILES string of the molecule is CC(CN1c2nc[nH]c2C(=O)NC1S)NCc1c(Cl)ncnc1Cl. The number of hydrogen-bond acceptors (Lipinski definition) is 7. The number of anilines is 1. The Bertz CT molecular complexity index is 735. The molecule has 2 aromatic heterocycles. The van der Waals surface area contributed by atoms with Crippen LogP contribution >= 0.6 is 35.8 Å². The fraction of sp³-hybridized carbons (Fsp3) is 0.385. The van der Waals surface area contributed by atoms with Crippen LogP contribution in [0.5, 0.6) is 0 Å². The van der Waals surface area contributed by atoms with Gasteiger partial charge in [0.15, 0.2) is 5.82 Å². The standard InChI is InChI=1S/C13H15Cl2N7OS/c1-6(16-2-7-9(14)18-5-19-10(7)15)3-22-11-8(17-4-20-11)12(23)21-13(22)24/h4-6,13,16,24H,2-3H2,1H3,(H,17,20)(H,21,23). The lowest BCUT2D eigenvalue weighted by Crippen LogP contribution is -2.53. The zero-order valence-electron chi connectivity index (χ0n) is 12.6. The molecule has 0 fully saturated rings. The van der Waals surface area contributed by atoms with Crippen molar-refractivity contribution in [3.05, 3.63) is 34.2 Å². The number of nitrogens with zero attached hydrogens (tertiary/aromatic N) is 4. The van der Waals surface area contributed by atoms with Crippen LogP contribution in [0.1, 0.15) is 23.0 Å². The van der Waals surface area contributed by atoms with Crippen LogP contribution in [0.3, 0.4) is 0 Å². The maximum Gasteiger partial charge on any atom is 0.273 e. The zero-order valence-corrected chi connectivity index (χ0v) is 15.0. The molecular weight excluding hydrogens is 373 g/mol. The first kappa shape index (κ1) is 17.3. The molecule has 2 aromatic rings. The van der Waals surface area contributed by atoms with Crippen LogP contribution in [0.4, 0.5) is 5.82 Å². The van der Waals surface area contributed by atoms with Gasteiger partial charge in [0.2, 0.25) is 0 Å². The van der Waals surface area contributed by atoms with Crippen LogP contribution in [0, 0.1) is 0 Å². The molecule has 0 aromatic carbocycles. The maximum absolute atomic E-state index is 11.9. The van der Waals surface area contributed by atoms with Crippen molar-refractivity contribution in [1.82, 2.24) is 30.6 Å². The van der Waals surface area contributed by atoms with Gasteiger partial charge in [-0.3, -0.25) is 4.79 Å². The zero-order chi connectivity index (χ0) is 17.3. The largest absolute Gasteiger partial charge is 0.339 e. The molecule has 128 valence electrons. The topological polar surface area (TPSA) is 98.8 Å². The molecule has 0 aliphatic carbocycles. The van der Waals surface area contributed by atoms with Gasteiger partial charge in [0.25, 0.3) is 5.91 Å². The van der Waals surface area contributed by atoms with Crippen molar-refractivity contribution in [3.63, 3.8) is 0 Å². The number of aromatic nitrogens is 4. The van der Waals surface area contributed by atoms with Crippen LogP contribution in [-0.4, -0.2) is 43.9 Å². The number of rotatable bonds is 5. The third-order valence-corrected chi connectivity index (χ3v) is 4.67. The molecule has 0 radical (unpaired) electrons. The van der Waals surface area contributed by atoms with Gasteiger partial charge in [0.05, 0.1) is 6.33 Å². The van der Waals surface area contributed by atoms with E-state index in [9.17, 15) is 4.79 Å². The van der Waals surface area contributed by atoms with E-state index in [1.807, 2.05) is 11.8 Å². The van der Waals surface area contributed by atoms with Crippen molar-refractivity contribution in [2.24, 2.45) is 0 Å². The second-order valence-electron chi connectivity index (χ2n) is 5.32. The number of nitrogens with one attached hydrogen (secondary N) is 3. The summed E-state index contributed by atoms with van der Waals surface area (Å²) in [7, 11) is 0. The molecule has 3 rings (SSSR count). The Hall–Kier alpha value is -1.55. The smallest absolute Gasteiger partial charge is 0.273 e. The summed E-state index contributed by atoms with van der Waals surface area (Å²) in [6.45, 7) is 2.98. The molecule has 8 nitrogen and oxygen atoms in total. The molecule has 0 spiro atoms. The lowest BCUT2D eigenvalue weighted by Gasteiger charge is -2.35. The molecular formula is C13H15Cl2N7OS. The van der Waals surface area contributed by atoms with Gasteiger partial charge in [-0.25, -0.2) is 15.0 Å². The third-order valence-electron chi connectivity index (χ3n) is 3.61. The summed E-state index contributed by atoms with van der Waals surface area (Å²) < 4.78 is 0. The minimum atomic E-state index is -0.454. The van der Waals surface area contributed by atoms with Gasteiger partial charge in [-0.05, 0) is 6.92 Å². The number of carbonyl (C=O) groups excluding carboxylic acids is 1. The number of thiol groups is 1. The first-order valence-electron chi connectivity index (χ1n) is 7.14. The summed E-state index contributed by atoms with van der Waals surface area (Å²) in [4.78, 5) is 28.6. The van der Waals surface area contributed by atoms with Crippen LogP contribution in [-0.2, 0) is 6.54 Å². The molecule has 1 amide bonds. The molecule has 2 unspecified atom stereocenters. The quantitative estimate of drug-likeness (QED) is 0.457. The molecule has 1 aliphatic heterocycles.